The van der Waals surface area contributed by atoms with Gasteiger partial charge in [-0.3, -0.25) is 58.7 Å². The van der Waals surface area contributed by atoms with E-state index in [4.69, 9.17) is 86.1 Å². The van der Waals surface area contributed by atoms with Crippen LogP contribution in [-0.2, 0) is 27.4 Å². The van der Waals surface area contributed by atoms with Crippen LogP contribution in [0.15, 0.2) is 0 Å². The molecule has 0 saturated heterocycles. The minimum absolute atomic E-state index is 1.34. The third-order valence-electron chi connectivity index (χ3n) is 0. The molecule has 0 bridgehead atoms. The van der Waals surface area contributed by atoms with Gasteiger partial charge < -0.3 is 0 Å². The van der Waals surface area contributed by atoms with Crippen LogP contribution in [0.3, 0.4) is 0 Å². The zero-order chi connectivity index (χ0) is 31.5. The molecule has 0 aromatic heterocycles. The average molecular weight is 898 g/mol. The topological polar surface area (TPSA) is 345 Å². The number of rotatable bonds is 0. The third-order valence-corrected chi connectivity index (χ3v) is 0. The first-order valence-electron chi connectivity index (χ1n) is 6.51. The number of hydrogen-bond donors (Lipinski definition) is 12. The predicted molar refractivity (Wildman–Crippen MR) is 102 cm³/mol. The van der Waals surface area contributed by atoms with E-state index >= 15 is 0 Å². The Bertz CT molecular complexity index is 571. The summed E-state index contributed by atoms with van der Waals surface area (Å²) in [5.74, 6) is 0. The molecule has 0 fully saturated rings. The van der Waals surface area contributed by atoms with Crippen molar-refractivity contribution in [2.24, 2.45) is 0 Å². The van der Waals surface area contributed by atoms with E-state index in [-0.39, 0.29) is 0 Å². The van der Waals surface area contributed by atoms with Gasteiger partial charge in [0.05, 0.1) is 0 Å². The minimum atomic E-state index is -5.14. The molecule has 35 heavy (non-hydrogen) atoms. The molecule has 0 aliphatic heterocycles. The third kappa shape index (κ3) is 17000. The van der Waals surface area contributed by atoms with Gasteiger partial charge in [0.1, 0.15) is 0 Å². The molecule has 0 heterocycles. The summed E-state index contributed by atoms with van der Waals surface area (Å²) in [6.45, 7) is 0. The Hall–Kier alpha value is 1.53. The van der Waals surface area contributed by atoms with E-state index in [1.165, 1.54) is 0 Å². The van der Waals surface area contributed by atoms with Crippen LogP contribution in [0.4, 0.5) is 25.2 Å². The summed E-state index contributed by atoms with van der Waals surface area (Å²) < 4.78 is 124. The first-order chi connectivity index (χ1) is 14.0. The van der Waals surface area contributed by atoms with Crippen molar-refractivity contribution < 1.29 is 136 Å². The summed E-state index contributed by atoms with van der Waals surface area (Å²) in [6, 6.07) is 0. The van der Waals surface area contributed by atoms with Crippen LogP contribution in [-0.4, -0.2) is 58.7 Å². The SMILES string of the molecule is O=P(O)(O)F.O=P(O)(O)F.O=P(O)(O)F.O=P(O)(O)F.O=P(O)(O)F.O=P(O)(O)F.[CH3][U]([CH3])([CH3])[CH3]. The molecule has 0 rings (SSSR count). The second kappa shape index (κ2) is 22.4. The Morgan fingerprint density at radius 2 is 0.343 bits per heavy atom. The first kappa shape index (κ1) is 52.9. The molecule has 224 valence electrons. The van der Waals surface area contributed by atoms with Gasteiger partial charge in [0, 0.05) is 0 Å². The molecular weight excluding hydrogens is 874 g/mol. The van der Waals surface area contributed by atoms with E-state index in [2.05, 4.69) is 15.8 Å². The van der Waals surface area contributed by atoms with Gasteiger partial charge >= 0.3 is 87.6 Å². The van der Waals surface area contributed by atoms with Gasteiger partial charge in [-0.1, -0.05) is 0 Å². The van der Waals surface area contributed by atoms with Crippen LogP contribution in [0.5, 0.6) is 0 Å². The normalized spacial score (nSPS) is 11.8. The molecule has 0 atom stereocenters. The second-order valence-electron chi connectivity index (χ2n) is 5.84. The maximum absolute atomic E-state index is 10.4. The molecule has 12 N–H and O–H groups in total. The molecular formula is C4H24F6O18P6U. The van der Waals surface area contributed by atoms with Gasteiger partial charge in [-0.2, -0.15) is 0 Å². The fourth-order valence-electron chi connectivity index (χ4n) is 0. The maximum atomic E-state index is 10.4. The van der Waals surface area contributed by atoms with Crippen molar-refractivity contribution in [3.63, 3.8) is 0 Å². The molecule has 31 heteroatoms. The van der Waals surface area contributed by atoms with Gasteiger partial charge in [-0.15, -0.1) is 25.2 Å². The predicted octanol–water partition coefficient (Wildman–Crippen LogP) is 2.63. The molecule has 0 spiro atoms. The summed E-state index contributed by atoms with van der Waals surface area (Å²) in [7, 11) is -30.8. The van der Waals surface area contributed by atoms with Crippen LogP contribution in [0, 0.1) is 24.4 Å². The van der Waals surface area contributed by atoms with Gasteiger partial charge in [0.25, 0.3) is 0 Å². The van der Waals surface area contributed by atoms with E-state index in [0.29, 0.717) is 0 Å². The number of halogens is 6. The Morgan fingerprint density at radius 3 is 0.343 bits per heavy atom. The Morgan fingerprint density at radius 1 is 0.343 bits per heavy atom. The monoisotopic (exact) mass is 898 g/mol. The fourth-order valence-corrected chi connectivity index (χ4v) is 0. The van der Waals surface area contributed by atoms with E-state index in [0.717, 1.165) is 0 Å². The fraction of sp³-hybridized carbons (Fsp3) is 1.00. The molecule has 0 amide bonds. The summed E-state index contributed by atoms with van der Waals surface area (Å²) in [5.41, 5.74) is 0. The van der Waals surface area contributed by atoms with Gasteiger partial charge in [-0.05, 0) is 0 Å². The standard InChI is InChI=1S/4CH3.6FH2O3P.U/c;;;;6*1-5(2,3)4;/h4*1H3;6*(H2,2,3,4);. The van der Waals surface area contributed by atoms with Gasteiger partial charge in [0.2, 0.25) is 0 Å². The average Bonchev–Trinajstić information content (AvgIpc) is 2.06. The molecule has 0 radical (unpaired) electrons. The van der Waals surface area contributed by atoms with Crippen molar-refractivity contribution in [3.05, 3.63) is 0 Å². The quantitative estimate of drug-likeness (QED) is 0.123. The van der Waals surface area contributed by atoms with Crippen LogP contribution in [0.2, 0.25) is 15.8 Å². The van der Waals surface area contributed by atoms with Crippen LogP contribution in [0.1, 0.15) is 0 Å². The van der Waals surface area contributed by atoms with Crippen LogP contribution >= 0.6 is 47.4 Å². The van der Waals surface area contributed by atoms with Crippen LogP contribution in [0.25, 0.3) is 0 Å². The summed E-state index contributed by atoms with van der Waals surface area (Å²) in [6.07, 6.45) is 0. The molecule has 0 aromatic carbocycles. The molecule has 0 aromatic rings. The molecule has 0 unspecified atom stereocenters. The first-order valence-corrected chi connectivity index (χ1v) is 32.2. The van der Waals surface area contributed by atoms with E-state index < -0.39 is 71.8 Å². The van der Waals surface area contributed by atoms with Crippen molar-refractivity contribution in [1.82, 2.24) is 0 Å². The summed E-state index contributed by atoms with van der Waals surface area (Å²) >= 11 is -1.34. The Labute approximate surface area is 198 Å². The Balaban J connectivity index is -0.0000000523. The van der Waals surface area contributed by atoms with E-state index in [1.807, 2.05) is 0 Å². The van der Waals surface area contributed by atoms with Crippen molar-refractivity contribution in [2.75, 3.05) is 0 Å². The molecule has 18 nitrogen and oxygen atoms in total. The zero-order valence-corrected chi connectivity index (χ0v) is 26.8. The number of hydrogen-bond acceptors (Lipinski definition) is 6. The van der Waals surface area contributed by atoms with Crippen molar-refractivity contribution in [3.8, 4) is 0 Å². The van der Waals surface area contributed by atoms with E-state index in [9.17, 15) is 25.2 Å². The van der Waals surface area contributed by atoms with E-state index in [1.54, 1.807) is 0 Å². The zero-order valence-electron chi connectivity index (χ0n) is 17.3. The van der Waals surface area contributed by atoms with Crippen molar-refractivity contribution in [1.29, 1.82) is 0 Å². The van der Waals surface area contributed by atoms with Crippen molar-refractivity contribution in [2.45, 2.75) is 15.8 Å². The second-order valence-corrected chi connectivity index (χ2v) is 36.5. The Kier molecular flexibility index (Phi) is 33.8. The molecule has 0 aliphatic carbocycles. The summed E-state index contributed by atoms with van der Waals surface area (Å²) in [4.78, 5) is 83.6. The molecule has 0 saturated carbocycles. The summed E-state index contributed by atoms with van der Waals surface area (Å²) in [5, 5.41) is 0. The van der Waals surface area contributed by atoms with Crippen LogP contribution < -0.4 is 0 Å². The van der Waals surface area contributed by atoms with Crippen molar-refractivity contribution >= 4 is 47.4 Å². The van der Waals surface area contributed by atoms with Gasteiger partial charge in [0.15, 0.2) is 0 Å². The molecule has 0 aliphatic rings. The van der Waals surface area contributed by atoms with Gasteiger partial charge in [-0.25, -0.2) is 27.4 Å².